The molecule has 1 amide bonds. The number of nitro groups is 1. The van der Waals surface area contributed by atoms with Gasteiger partial charge in [-0.15, -0.1) is 0 Å². The van der Waals surface area contributed by atoms with E-state index in [4.69, 9.17) is 9.15 Å². The molecule has 0 fully saturated rings. The van der Waals surface area contributed by atoms with Crippen LogP contribution >= 0.6 is 0 Å². The zero-order valence-electron chi connectivity index (χ0n) is 14.9. The maximum Gasteiger partial charge on any atom is 0.433 e. The largest absolute Gasteiger partial charge is 0.450 e. The highest BCUT2D eigenvalue weighted by molar-refractivity contribution is 5.89. The molecule has 1 unspecified atom stereocenters. The number of hydrogen-bond acceptors (Lipinski definition) is 6. The average Bonchev–Trinajstić information content (AvgIpc) is 3.16. The van der Waals surface area contributed by atoms with Crippen LogP contribution in [0.15, 0.2) is 34.7 Å². The molecule has 142 valence electrons. The van der Waals surface area contributed by atoms with Crippen molar-refractivity contribution in [1.29, 1.82) is 0 Å². The van der Waals surface area contributed by atoms with Gasteiger partial charge in [0, 0.05) is 0 Å². The van der Waals surface area contributed by atoms with Gasteiger partial charge in [-0.3, -0.25) is 14.9 Å². The minimum Gasteiger partial charge on any atom is -0.450 e. The van der Waals surface area contributed by atoms with Gasteiger partial charge in [-0.2, -0.15) is 0 Å². The maximum absolute atomic E-state index is 12.0. The number of fused-ring (bicyclic) bond motifs is 1. The quantitative estimate of drug-likeness (QED) is 0.474. The summed E-state index contributed by atoms with van der Waals surface area (Å²) in [6, 6.07) is 8.18. The lowest BCUT2D eigenvalue weighted by atomic mass is 9.89. The van der Waals surface area contributed by atoms with Crippen molar-refractivity contribution in [3.8, 4) is 0 Å². The molecule has 0 spiro atoms. The van der Waals surface area contributed by atoms with Gasteiger partial charge >= 0.3 is 11.9 Å². The Morgan fingerprint density at radius 3 is 2.67 bits per heavy atom. The van der Waals surface area contributed by atoms with Crippen molar-refractivity contribution in [3.63, 3.8) is 0 Å². The molecule has 0 bridgehead atoms. The molecule has 2 aromatic rings. The van der Waals surface area contributed by atoms with E-state index in [1.165, 1.54) is 24.0 Å². The van der Waals surface area contributed by atoms with E-state index in [2.05, 4.69) is 17.4 Å². The van der Waals surface area contributed by atoms with Gasteiger partial charge < -0.3 is 14.5 Å². The van der Waals surface area contributed by atoms with E-state index in [1.54, 1.807) is 0 Å². The number of benzene rings is 1. The third-order valence-corrected chi connectivity index (χ3v) is 4.56. The number of rotatable bonds is 6. The number of hydrogen-bond donors (Lipinski definition) is 1. The Kier molecular flexibility index (Phi) is 5.54. The molecule has 1 aromatic heterocycles. The zero-order chi connectivity index (χ0) is 19.4. The van der Waals surface area contributed by atoms with Gasteiger partial charge in [-0.1, -0.05) is 18.2 Å². The Balaban J connectivity index is 1.52. The topological polar surface area (TPSA) is 112 Å². The van der Waals surface area contributed by atoms with Crippen LogP contribution in [0.25, 0.3) is 0 Å². The summed E-state index contributed by atoms with van der Waals surface area (Å²) in [4.78, 5) is 33.6. The Bertz CT molecular complexity index is 873. The summed E-state index contributed by atoms with van der Waals surface area (Å²) in [5, 5.41) is 13.3. The summed E-state index contributed by atoms with van der Waals surface area (Å²) in [6.07, 6.45) is 4.54. The summed E-state index contributed by atoms with van der Waals surface area (Å²) < 4.78 is 9.58. The fraction of sp³-hybridized carbons (Fsp3) is 0.368. The lowest BCUT2D eigenvalue weighted by Gasteiger charge is -2.20. The lowest BCUT2D eigenvalue weighted by molar-refractivity contribution is -0.402. The average molecular weight is 372 g/mol. The van der Waals surface area contributed by atoms with Crippen LogP contribution in [0.4, 0.5) is 5.88 Å². The number of nitrogens with one attached hydrogen (secondary N) is 1. The second-order valence-electron chi connectivity index (χ2n) is 6.50. The van der Waals surface area contributed by atoms with E-state index in [9.17, 15) is 19.7 Å². The van der Waals surface area contributed by atoms with Gasteiger partial charge in [0.25, 0.3) is 5.91 Å². The fourth-order valence-corrected chi connectivity index (χ4v) is 3.13. The highest BCUT2D eigenvalue weighted by Gasteiger charge is 2.20. The number of carbonyl (C=O) groups is 2. The van der Waals surface area contributed by atoms with Crippen LogP contribution in [0, 0.1) is 10.1 Å². The van der Waals surface area contributed by atoms with Crippen LogP contribution in [-0.4, -0.2) is 23.4 Å². The SMILES string of the molecule is CC(NC(=O)COC(=O)c1ccc([N+](=O)[O-])o1)c1ccc2c(c1)CCCC2. The number of ether oxygens (including phenoxy) is 1. The van der Waals surface area contributed by atoms with E-state index in [-0.39, 0.29) is 11.8 Å². The molecule has 0 saturated heterocycles. The molecule has 1 N–H and O–H groups in total. The van der Waals surface area contributed by atoms with Gasteiger partial charge in [0.1, 0.15) is 4.92 Å². The lowest BCUT2D eigenvalue weighted by Crippen LogP contribution is -2.31. The number of nitrogens with zero attached hydrogens (tertiary/aromatic N) is 1. The number of amides is 1. The van der Waals surface area contributed by atoms with E-state index in [0.717, 1.165) is 30.5 Å². The monoisotopic (exact) mass is 372 g/mol. The number of aryl methyl sites for hydroxylation is 2. The van der Waals surface area contributed by atoms with E-state index in [1.807, 2.05) is 13.0 Å². The molecule has 1 aliphatic rings. The Labute approximate surface area is 155 Å². The van der Waals surface area contributed by atoms with Crippen LogP contribution < -0.4 is 5.32 Å². The molecule has 8 nitrogen and oxygen atoms in total. The van der Waals surface area contributed by atoms with Gasteiger partial charge in [-0.05, 0) is 55.4 Å². The molecule has 1 heterocycles. The number of furan rings is 1. The van der Waals surface area contributed by atoms with Crippen molar-refractivity contribution in [2.24, 2.45) is 0 Å². The standard InChI is InChI=1S/C19H20N2O6/c1-12(14-7-6-13-4-2-3-5-15(13)10-14)20-17(22)11-26-19(23)16-8-9-18(27-16)21(24)25/h6-10,12H,2-5,11H2,1H3,(H,20,22). The molecule has 8 heteroatoms. The fourth-order valence-electron chi connectivity index (χ4n) is 3.13. The summed E-state index contributed by atoms with van der Waals surface area (Å²) in [6.45, 7) is 1.36. The molecule has 1 aliphatic carbocycles. The third-order valence-electron chi connectivity index (χ3n) is 4.56. The first-order chi connectivity index (χ1) is 12.9. The Morgan fingerprint density at radius 1 is 1.22 bits per heavy atom. The first-order valence-electron chi connectivity index (χ1n) is 8.76. The van der Waals surface area contributed by atoms with Crippen molar-refractivity contribution < 1.29 is 23.7 Å². The first-order valence-corrected chi connectivity index (χ1v) is 8.76. The normalized spacial score (nSPS) is 14.1. The molecule has 0 aliphatic heterocycles. The summed E-state index contributed by atoms with van der Waals surface area (Å²) in [5.41, 5.74) is 3.69. The predicted octanol–water partition coefficient (Wildman–Crippen LogP) is 3.10. The minimum absolute atomic E-state index is 0.229. The molecule has 27 heavy (non-hydrogen) atoms. The second kappa shape index (κ2) is 8.03. The van der Waals surface area contributed by atoms with Crippen LogP contribution in [0.1, 0.15) is 53.1 Å². The maximum atomic E-state index is 12.0. The molecule has 0 saturated carbocycles. The molecular formula is C19H20N2O6. The van der Waals surface area contributed by atoms with Crippen molar-refractivity contribution in [2.45, 2.75) is 38.6 Å². The Hall–Kier alpha value is -3.16. The first kappa shape index (κ1) is 18.6. The number of esters is 1. The number of carbonyl (C=O) groups excluding carboxylic acids is 2. The van der Waals surface area contributed by atoms with Gasteiger partial charge in [0.05, 0.1) is 12.1 Å². The highest BCUT2D eigenvalue weighted by Crippen LogP contribution is 2.24. The smallest absolute Gasteiger partial charge is 0.433 e. The van der Waals surface area contributed by atoms with Gasteiger partial charge in [0.15, 0.2) is 6.61 Å². The van der Waals surface area contributed by atoms with Crippen LogP contribution in [0.2, 0.25) is 0 Å². The molecular weight excluding hydrogens is 352 g/mol. The zero-order valence-corrected chi connectivity index (χ0v) is 14.9. The van der Waals surface area contributed by atoms with E-state index < -0.39 is 29.3 Å². The third kappa shape index (κ3) is 4.52. The van der Waals surface area contributed by atoms with E-state index >= 15 is 0 Å². The van der Waals surface area contributed by atoms with Crippen molar-refractivity contribution in [1.82, 2.24) is 5.32 Å². The highest BCUT2D eigenvalue weighted by atomic mass is 16.7. The minimum atomic E-state index is -0.931. The molecule has 1 aromatic carbocycles. The van der Waals surface area contributed by atoms with Crippen molar-refractivity contribution in [2.75, 3.05) is 6.61 Å². The second-order valence-corrected chi connectivity index (χ2v) is 6.50. The van der Waals surface area contributed by atoms with Gasteiger partial charge in [-0.25, -0.2) is 4.79 Å². The summed E-state index contributed by atoms with van der Waals surface area (Å²) >= 11 is 0. The van der Waals surface area contributed by atoms with E-state index in [0.29, 0.717) is 0 Å². The van der Waals surface area contributed by atoms with Crippen LogP contribution in [-0.2, 0) is 22.4 Å². The van der Waals surface area contributed by atoms with Crippen LogP contribution in [0.3, 0.4) is 0 Å². The Morgan fingerprint density at radius 2 is 1.96 bits per heavy atom. The molecule has 0 radical (unpaired) electrons. The van der Waals surface area contributed by atoms with Crippen molar-refractivity contribution >= 4 is 17.8 Å². The summed E-state index contributed by atoms with van der Waals surface area (Å²) in [5.74, 6) is -2.28. The van der Waals surface area contributed by atoms with Gasteiger partial charge in [0.2, 0.25) is 5.76 Å². The predicted molar refractivity (Wildman–Crippen MR) is 95.3 cm³/mol. The molecule has 1 atom stereocenters. The van der Waals surface area contributed by atoms with Crippen LogP contribution in [0.5, 0.6) is 0 Å². The molecule has 3 rings (SSSR count). The summed E-state index contributed by atoms with van der Waals surface area (Å²) in [7, 11) is 0. The van der Waals surface area contributed by atoms with Crippen molar-refractivity contribution in [3.05, 3.63) is 62.9 Å².